The monoisotopic (exact) mass is 510 g/mol. The minimum Gasteiger partial charge on any atom is -0.319 e. The summed E-state index contributed by atoms with van der Waals surface area (Å²) in [6, 6.07) is 18.2. The van der Waals surface area contributed by atoms with Crippen LogP contribution in [0.2, 0.25) is 0 Å². The van der Waals surface area contributed by atoms with Crippen LogP contribution >= 0.6 is 23.6 Å². The molecule has 1 saturated heterocycles. The first-order valence-electron chi connectivity index (χ1n) is 10.8. The van der Waals surface area contributed by atoms with Crippen molar-refractivity contribution in [1.82, 2.24) is 14.2 Å². The van der Waals surface area contributed by atoms with Crippen molar-refractivity contribution >= 4 is 65.6 Å². The SMILES string of the molecule is Cn1/c(=N/C(=S)NC(=O)c2ccc(S(=O)(=O)N3CCCC3)cc2)sc2c3ccccc3ccc21. The molecule has 1 fully saturated rings. The average Bonchev–Trinajstić information content (AvgIpc) is 3.49. The molecular formula is C24H22N4O3S3. The summed E-state index contributed by atoms with van der Waals surface area (Å²) in [5, 5.41) is 4.96. The van der Waals surface area contributed by atoms with Crippen molar-refractivity contribution in [1.29, 1.82) is 0 Å². The molecular weight excluding hydrogens is 488 g/mol. The van der Waals surface area contributed by atoms with Crippen LogP contribution in [0.4, 0.5) is 0 Å². The van der Waals surface area contributed by atoms with Crippen LogP contribution in [-0.2, 0) is 17.1 Å². The number of sulfonamides is 1. The van der Waals surface area contributed by atoms with E-state index in [1.165, 1.54) is 39.9 Å². The van der Waals surface area contributed by atoms with Gasteiger partial charge in [0.2, 0.25) is 15.1 Å². The smallest absolute Gasteiger partial charge is 0.257 e. The summed E-state index contributed by atoms with van der Waals surface area (Å²) >= 11 is 6.83. The Labute approximate surface area is 206 Å². The molecule has 174 valence electrons. The Bertz CT molecular complexity index is 1600. The molecule has 0 aliphatic carbocycles. The summed E-state index contributed by atoms with van der Waals surface area (Å²) in [4.78, 5) is 18.0. The lowest BCUT2D eigenvalue weighted by molar-refractivity contribution is 0.0977. The number of hydrogen-bond acceptors (Lipinski definition) is 5. The molecule has 1 amide bonds. The molecule has 0 unspecified atom stereocenters. The van der Waals surface area contributed by atoms with Crippen molar-refractivity contribution in [3.63, 3.8) is 0 Å². The average molecular weight is 511 g/mol. The second-order valence-electron chi connectivity index (χ2n) is 8.09. The summed E-state index contributed by atoms with van der Waals surface area (Å²) in [6.45, 7) is 1.07. The molecule has 0 radical (unpaired) electrons. The zero-order chi connectivity index (χ0) is 23.9. The van der Waals surface area contributed by atoms with E-state index in [1.807, 2.05) is 29.8 Å². The fourth-order valence-corrected chi connectivity index (χ4v) is 7.02. The summed E-state index contributed by atoms with van der Waals surface area (Å²) < 4.78 is 29.9. The van der Waals surface area contributed by atoms with Crippen LogP contribution < -0.4 is 10.1 Å². The van der Waals surface area contributed by atoms with Crippen LogP contribution in [0.15, 0.2) is 70.6 Å². The number of thiocarbonyl (C=S) groups is 1. The van der Waals surface area contributed by atoms with Crippen molar-refractivity contribution in [3.8, 4) is 0 Å². The van der Waals surface area contributed by atoms with Crippen molar-refractivity contribution in [2.24, 2.45) is 12.0 Å². The molecule has 0 atom stereocenters. The number of benzene rings is 3. The van der Waals surface area contributed by atoms with Gasteiger partial charge in [-0.2, -0.15) is 9.30 Å². The number of fused-ring (bicyclic) bond motifs is 3. The third-order valence-corrected chi connectivity index (χ3v) is 9.22. The largest absolute Gasteiger partial charge is 0.319 e. The first kappa shape index (κ1) is 22.9. The first-order valence-corrected chi connectivity index (χ1v) is 13.5. The number of rotatable bonds is 3. The van der Waals surface area contributed by atoms with E-state index in [0.29, 0.717) is 23.5 Å². The maximum atomic E-state index is 12.7. The number of amides is 1. The molecule has 3 aromatic carbocycles. The number of aromatic nitrogens is 1. The number of carbonyl (C=O) groups is 1. The van der Waals surface area contributed by atoms with Gasteiger partial charge in [0, 0.05) is 31.1 Å². The fourth-order valence-electron chi connectivity index (χ4n) is 4.10. The highest BCUT2D eigenvalue weighted by Gasteiger charge is 2.27. The topological polar surface area (TPSA) is 83.8 Å². The second-order valence-corrected chi connectivity index (χ2v) is 11.4. The van der Waals surface area contributed by atoms with E-state index in [-0.39, 0.29) is 10.0 Å². The molecule has 5 rings (SSSR count). The number of carbonyl (C=O) groups excluding carboxylic acids is 1. The van der Waals surface area contributed by atoms with Gasteiger partial charge in [-0.15, -0.1) is 0 Å². The highest BCUT2D eigenvalue weighted by molar-refractivity contribution is 7.89. The molecule has 2 heterocycles. The minimum atomic E-state index is -3.52. The number of thiazole rings is 1. The third kappa shape index (κ3) is 4.18. The Morgan fingerprint density at radius 1 is 1.03 bits per heavy atom. The van der Waals surface area contributed by atoms with Crippen LogP contribution in [-0.4, -0.2) is 41.4 Å². The van der Waals surface area contributed by atoms with Crippen molar-refractivity contribution in [2.45, 2.75) is 17.7 Å². The predicted octanol–water partition coefficient (Wildman–Crippen LogP) is 3.79. The Kier molecular flexibility index (Phi) is 6.07. The second kappa shape index (κ2) is 9.03. The van der Waals surface area contributed by atoms with Gasteiger partial charge in [-0.25, -0.2) is 8.42 Å². The van der Waals surface area contributed by atoms with Gasteiger partial charge in [-0.05, 0) is 60.8 Å². The summed E-state index contributed by atoms with van der Waals surface area (Å²) in [5.74, 6) is -0.437. The lowest BCUT2D eigenvalue weighted by Crippen LogP contribution is -2.30. The van der Waals surface area contributed by atoms with Crippen molar-refractivity contribution < 1.29 is 13.2 Å². The molecule has 1 aliphatic rings. The lowest BCUT2D eigenvalue weighted by atomic mass is 10.1. The molecule has 0 bridgehead atoms. The van der Waals surface area contributed by atoms with Gasteiger partial charge in [0.05, 0.1) is 15.1 Å². The van der Waals surface area contributed by atoms with E-state index >= 15 is 0 Å². The van der Waals surface area contributed by atoms with Crippen molar-refractivity contribution in [3.05, 3.63) is 71.0 Å². The highest BCUT2D eigenvalue weighted by atomic mass is 32.2. The van der Waals surface area contributed by atoms with E-state index < -0.39 is 15.9 Å². The summed E-state index contributed by atoms with van der Waals surface area (Å²) in [5.41, 5.74) is 1.34. The van der Waals surface area contributed by atoms with Gasteiger partial charge in [0.15, 0.2) is 4.80 Å². The standard InChI is InChI=1S/C24H22N4O3S3/c1-27-20-13-10-16-6-2-3-7-19(16)21(20)33-24(27)26-23(32)25-22(29)17-8-11-18(12-9-17)34(30,31)28-14-4-5-15-28/h2-3,6-13H,4-5,14-15H2,1H3,(H,25,29,32)/b26-24-. The molecule has 10 heteroatoms. The zero-order valence-electron chi connectivity index (χ0n) is 18.4. The van der Waals surface area contributed by atoms with Crippen molar-refractivity contribution in [2.75, 3.05) is 13.1 Å². The molecule has 0 saturated carbocycles. The Morgan fingerprint density at radius 3 is 2.47 bits per heavy atom. The van der Waals surface area contributed by atoms with Gasteiger partial charge >= 0.3 is 0 Å². The highest BCUT2D eigenvalue weighted by Crippen LogP contribution is 2.27. The third-order valence-electron chi connectivity index (χ3n) is 5.94. The van der Waals surface area contributed by atoms with E-state index in [2.05, 4.69) is 28.5 Å². The Morgan fingerprint density at radius 2 is 1.74 bits per heavy atom. The van der Waals surface area contributed by atoms with Crippen LogP contribution in [0.25, 0.3) is 21.0 Å². The van der Waals surface area contributed by atoms with Crippen LogP contribution in [0.5, 0.6) is 0 Å². The number of nitrogens with one attached hydrogen (secondary N) is 1. The molecule has 1 N–H and O–H groups in total. The zero-order valence-corrected chi connectivity index (χ0v) is 20.8. The molecule has 34 heavy (non-hydrogen) atoms. The maximum Gasteiger partial charge on any atom is 0.257 e. The number of nitrogens with zero attached hydrogens (tertiary/aromatic N) is 3. The Hall–Kier alpha value is -2.92. The molecule has 4 aromatic rings. The first-order chi connectivity index (χ1) is 16.3. The predicted molar refractivity (Wildman–Crippen MR) is 138 cm³/mol. The van der Waals surface area contributed by atoms with Gasteiger partial charge in [-0.3, -0.25) is 10.1 Å². The fraction of sp³-hybridized carbons (Fsp3) is 0.208. The maximum absolute atomic E-state index is 12.7. The van der Waals surface area contributed by atoms with E-state index in [0.717, 1.165) is 33.8 Å². The quantitative estimate of drug-likeness (QED) is 0.425. The van der Waals surface area contributed by atoms with Gasteiger partial charge in [0.1, 0.15) is 0 Å². The number of aryl methyl sites for hydroxylation is 1. The molecule has 0 spiro atoms. The molecule has 1 aliphatic heterocycles. The summed E-state index contributed by atoms with van der Waals surface area (Å²) in [7, 11) is -1.61. The molecule has 1 aromatic heterocycles. The van der Waals surface area contributed by atoms with E-state index in [9.17, 15) is 13.2 Å². The van der Waals surface area contributed by atoms with Gasteiger partial charge in [0.25, 0.3) is 5.91 Å². The van der Waals surface area contributed by atoms with Crippen LogP contribution in [0, 0.1) is 0 Å². The normalized spacial score (nSPS) is 15.3. The summed E-state index contributed by atoms with van der Waals surface area (Å²) in [6.07, 6.45) is 1.74. The van der Waals surface area contributed by atoms with E-state index in [4.69, 9.17) is 12.2 Å². The molecule has 7 nitrogen and oxygen atoms in total. The van der Waals surface area contributed by atoms with E-state index in [1.54, 1.807) is 0 Å². The minimum absolute atomic E-state index is 0.0465. The number of hydrogen-bond donors (Lipinski definition) is 1. The van der Waals surface area contributed by atoms with Gasteiger partial charge < -0.3 is 4.57 Å². The van der Waals surface area contributed by atoms with Crippen LogP contribution in [0.3, 0.4) is 0 Å². The van der Waals surface area contributed by atoms with Crippen LogP contribution in [0.1, 0.15) is 23.2 Å². The van der Waals surface area contributed by atoms with Gasteiger partial charge in [-0.1, -0.05) is 41.7 Å². The lowest BCUT2D eigenvalue weighted by Gasteiger charge is -2.15. The Balaban J connectivity index is 1.36.